The molecule has 2 heteroatoms. The number of hydrogen-bond acceptors (Lipinski definition) is 2. The molecule has 1 aromatic rings. The van der Waals surface area contributed by atoms with Crippen molar-refractivity contribution in [2.45, 2.75) is 31.1 Å². The van der Waals surface area contributed by atoms with E-state index < -0.39 is 0 Å². The molecule has 88 valence electrons. The van der Waals surface area contributed by atoms with E-state index in [2.05, 4.69) is 35.6 Å². The molecule has 0 saturated carbocycles. The quantitative estimate of drug-likeness (QED) is 0.812. The van der Waals surface area contributed by atoms with Gasteiger partial charge >= 0.3 is 0 Å². The van der Waals surface area contributed by atoms with Gasteiger partial charge in [0, 0.05) is 18.6 Å². The first-order valence-electron chi connectivity index (χ1n) is 6.24. The smallest absolute Gasteiger partial charge is 0.0431 e. The van der Waals surface area contributed by atoms with E-state index in [1.54, 1.807) is 0 Å². The van der Waals surface area contributed by atoms with Crippen molar-refractivity contribution in [1.82, 2.24) is 5.32 Å². The van der Waals surface area contributed by atoms with Crippen LogP contribution >= 0.6 is 0 Å². The van der Waals surface area contributed by atoms with Crippen molar-refractivity contribution in [3.8, 4) is 0 Å². The second-order valence-electron chi connectivity index (χ2n) is 4.75. The van der Waals surface area contributed by atoms with Crippen LogP contribution in [0.5, 0.6) is 0 Å². The van der Waals surface area contributed by atoms with Crippen molar-refractivity contribution in [3.05, 3.63) is 35.9 Å². The third-order valence-electron chi connectivity index (χ3n) is 3.67. The molecule has 1 saturated heterocycles. The number of benzene rings is 1. The highest BCUT2D eigenvalue weighted by Crippen LogP contribution is 2.35. The van der Waals surface area contributed by atoms with Gasteiger partial charge < -0.3 is 10.4 Å². The number of aliphatic hydroxyl groups is 1. The first-order valence-corrected chi connectivity index (χ1v) is 6.24. The Balaban J connectivity index is 2.19. The SMILES string of the molecule is OCCCC1(c2ccccc2)CCCNC1. The van der Waals surface area contributed by atoms with E-state index in [4.69, 9.17) is 5.11 Å². The van der Waals surface area contributed by atoms with Crippen LogP contribution in [0.2, 0.25) is 0 Å². The second-order valence-corrected chi connectivity index (χ2v) is 4.75. The summed E-state index contributed by atoms with van der Waals surface area (Å²) in [6, 6.07) is 10.8. The van der Waals surface area contributed by atoms with Crippen molar-refractivity contribution in [1.29, 1.82) is 0 Å². The molecule has 0 amide bonds. The first kappa shape index (κ1) is 11.6. The summed E-state index contributed by atoms with van der Waals surface area (Å²) in [6.07, 6.45) is 4.46. The van der Waals surface area contributed by atoms with E-state index in [0.29, 0.717) is 6.61 Å². The molecule has 2 N–H and O–H groups in total. The van der Waals surface area contributed by atoms with Gasteiger partial charge in [0.1, 0.15) is 0 Å². The van der Waals surface area contributed by atoms with Gasteiger partial charge in [0.2, 0.25) is 0 Å². The van der Waals surface area contributed by atoms with Crippen molar-refractivity contribution in [2.24, 2.45) is 0 Å². The Labute approximate surface area is 97.7 Å². The van der Waals surface area contributed by atoms with E-state index in [0.717, 1.165) is 25.9 Å². The molecule has 0 aromatic heterocycles. The minimum absolute atomic E-state index is 0.252. The molecule has 1 heterocycles. The molecule has 1 aliphatic rings. The van der Waals surface area contributed by atoms with E-state index >= 15 is 0 Å². The van der Waals surface area contributed by atoms with Gasteiger partial charge in [-0.2, -0.15) is 0 Å². The Morgan fingerprint density at radius 2 is 2.06 bits per heavy atom. The zero-order valence-electron chi connectivity index (χ0n) is 9.78. The fourth-order valence-corrected chi connectivity index (χ4v) is 2.78. The van der Waals surface area contributed by atoms with Crippen molar-refractivity contribution in [3.63, 3.8) is 0 Å². The highest BCUT2D eigenvalue weighted by atomic mass is 16.2. The fourth-order valence-electron chi connectivity index (χ4n) is 2.78. The molecule has 1 aliphatic heterocycles. The first-order chi connectivity index (χ1) is 7.87. The van der Waals surface area contributed by atoms with Crippen LogP contribution in [0.4, 0.5) is 0 Å². The zero-order valence-corrected chi connectivity index (χ0v) is 9.78. The molecule has 1 unspecified atom stereocenters. The summed E-state index contributed by atoms with van der Waals surface area (Å²) in [5, 5.41) is 12.5. The number of rotatable bonds is 4. The minimum atomic E-state index is 0.252. The van der Waals surface area contributed by atoms with E-state index in [1.807, 2.05) is 0 Å². The summed E-state index contributed by atoms with van der Waals surface area (Å²) in [4.78, 5) is 0. The Morgan fingerprint density at radius 1 is 1.25 bits per heavy atom. The third kappa shape index (κ3) is 2.45. The molecule has 0 aliphatic carbocycles. The Hall–Kier alpha value is -0.860. The summed E-state index contributed by atoms with van der Waals surface area (Å²) < 4.78 is 0. The largest absolute Gasteiger partial charge is 0.396 e. The molecule has 16 heavy (non-hydrogen) atoms. The fraction of sp³-hybridized carbons (Fsp3) is 0.571. The molecule has 1 aromatic carbocycles. The van der Waals surface area contributed by atoms with Crippen LogP contribution in [0.3, 0.4) is 0 Å². The van der Waals surface area contributed by atoms with Crippen LogP contribution in [-0.4, -0.2) is 24.8 Å². The average Bonchev–Trinajstić information content (AvgIpc) is 2.38. The number of nitrogens with one attached hydrogen (secondary N) is 1. The predicted molar refractivity (Wildman–Crippen MR) is 66.5 cm³/mol. The summed E-state index contributed by atoms with van der Waals surface area (Å²) in [6.45, 7) is 2.49. The Kier molecular flexibility index (Phi) is 3.97. The predicted octanol–water partition coefficient (Wildman–Crippen LogP) is 2.08. The van der Waals surface area contributed by atoms with Gasteiger partial charge in [-0.15, -0.1) is 0 Å². The van der Waals surface area contributed by atoms with Gasteiger partial charge in [-0.1, -0.05) is 30.3 Å². The summed E-state index contributed by atoms with van der Waals surface area (Å²) in [7, 11) is 0. The summed E-state index contributed by atoms with van der Waals surface area (Å²) >= 11 is 0. The third-order valence-corrected chi connectivity index (χ3v) is 3.67. The van der Waals surface area contributed by atoms with Crippen LogP contribution in [-0.2, 0) is 5.41 Å². The van der Waals surface area contributed by atoms with Crippen molar-refractivity contribution in [2.75, 3.05) is 19.7 Å². The van der Waals surface area contributed by atoms with Gasteiger partial charge in [0.15, 0.2) is 0 Å². The maximum atomic E-state index is 9.04. The van der Waals surface area contributed by atoms with Crippen LogP contribution in [0, 0.1) is 0 Å². The Morgan fingerprint density at radius 3 is 2.69 bits per heavy atom. The second kappa shape index (κ2) is 5.46. The number of hydrogen-bond donors (Lipinski definition) is 2. The monoisotopic (exact) mass is 219 g/mol. The lowest BCUT2D eigenvalue weighted by Gasteiger charge is -2.38. The molecular formula is C14H21NO. The molecule has 1 atom stereocenters. The lowest BCUT2D eigenvalue weighted by molar-refractivity contribution is 0.234. The van der Waals surface area contributed by atoms with Crippen LogP contribution in [0.15, 0.2) is 30.3 Å². The topological polar surface area (TPSA) is 32.3 Å². The van der Waals surface area contributed by atoms with Crippen LogP contribution in [0.25, 0.3) is 0 Å². The zero-order chi connectivity index (χ0) is 11.3. The molecule has 0 spiro atoms. The summed E-state index contributed by atoms with van der Waals surface area (Å²) in [5.74, 6) is 0. The van der Waals surface area contributed by atoms with Gasteiger partial charge in [0.25, 0.3) is 0 Å². The van der Waals surface area contributed by atoms with Gasteiger partial charge in [0.05, 0.1) is 0 Å². The lowest BCUT2D eigenvalue weighted by Crippen LogP contribution is -2.43. The highest BCUT2D eigenvalue weighted by Gasteiger charge is 2.32. The standard InChI is InChI=1S/C14H21NO/c16-11-5-9-14(8-4-10-15-12-14)13-6-2-1-3-7-13/h1-3,6-7,15-16H,4-5,8-12H2. The van der Waals surface area contributed by atoms with Crippen LogP contribution < -0.4 is 5.32 Å². The van der Waals surface area contributed by atoms with Crippen LogP contribution in [0.1, 0.15) is 31.2 Å². The normalized spacial score (nSPS) is 25.6. The van der Waals surface area contributed by atoms with Crippen molar-refractivity contribution < 1.29 is 5.11 Å². The van der Waals surface area contributed by atoms with Gasteiger partial charge in [-0.05, 0) is 37.8 Å². The molecule has 2 nitrogen and oxygen atoms in total. The van der Waals surface area contributed by atoms with E-state index in [-0.39, 0.29) is 5.41 Å². The lowest BCUT2D eigenvalue weighted by atomic mass is 9.71. The molecular weight excluding hydrogens is 198 g/mol. The number of piperidine rings is 1. The molecule has 0 radical (unpaired) electrons. The highest BCUT2D eigenvalue weighted by molar-refractivity contribution is 5.26. The summed E-state index contributed by atoms with van der Waals surface area (Å²) in [5.41, 5.74) is 1.68. The molecule has 1 fully saturated rings. The average molecular weight is 219 g/mol. The van der Waals surface area contributed by atoms with Crippen molar-refractivity contribution >= 4 is 0 Å². The number of aliphatic hydroxyl groups excluding tert-OH is 1. The minimum Gasteiger partial charge on any atom is -0.396 e. The van der Waals surface area contributed by atoms with Gasteiger partial charge in [-0.25, -0.2) is 0 Å². The maximum Gasteiger partial charge on any atom is 0.0431 e. The molecule has 0 bridgehead atoms. The Bertz CT molecular complexity index is 304. The molecule has 2 rings (SSSR count). The van der Waals surface area contributed by atoms with E-state index in [1.165, 1.54) is 18.4 Å². The maximum absolute atomic E-state index is 9.04. The van der Waals surface area contributed by atoms with E-state index in [9.17, 15) is 0 Å². The van der Waals surface area contributed by atoms with Gasteiger partial charge in [-0.3, -0.25) is 0 Å².